The van der Waals surface area contributed by atoms with Crippen LogP contribution in [-0.4, -0.2) is 40.1 Å². The van der Waals surface area contributed by atoms with Gasteiger partial charge in [-0.15, -0.1) is 0 Å². The van der Waals surface area contributed by atoms with E-state index in [9.17, 15) is 24.6 Å². The summed E-state index contributed by atoms with van der Waals surface area (Å²) in [7, 11) is 0. The van der Waals surface area contributed by atoms with Crippen LogP contribution in [0.15, 0.2) is 42.5 Å². The molecule has 2 amide bonds. The maximum Gasteiger partial charge on any atom is 0.326 e. The lowest BCUT2D eigenvalue weighted by atomic mass is 10.0. The van der Waals surface area contributed by atoms with Gasteiger partial charge in [0.05, 0.1) is 7.14 Å². The fourth-order valence-electron chi connectivity index (χ4n) is 2.75. The molecular weight excluding hydrogens is 602 g/mol. The lowest BCUT2D eigenvalue weighted by Gasteiger charge is -2.21. The number of carbonyl (C=O) groups is 3. The van der Waals surface area contributed by atoms with Crippen molar-refractivity contribution < 1.29 is 24.6 Å². The van der Waals surface area contributed by atoms with Gasteiger partial charge in [-0.3, -0.25) is 9.59 Å². The van der Waals surface area contributed by atoms with Crippen LogP contribution in [-0.2, 0) is 27.2 Å². The molecule has 0 saturated carbocycles. The van der Waals surface area contributed by atoms with E-state index >= 15 is 0 Å². The van der Waals surface area contributed by atoms with Crippen LogP contribution < -0.4 is 10.6 Å². The van der Waals surface area contributed by atoms with Crippen molar-refractivity contribution >= 4 is 63.0 Å². The van der Waals surface area contributed by atoms with Gasteiger partial charge in [-0.1, -0.05) is 30.3 Å². The van der Waals surface area contributed by atoms with E-state index < -0.39 is 24.0 Å². The number of hydrogen-bond donors (Lipinski definition) is 4. The molecule has 0 fully saturated rings. The highest BCUT2D eigenvalue weighted by Crippen LogP contribution is 2.27. The normalized spacial score (nSPS) is 12.7. The highest BCUT2D eigenvalue weighted by molar-refractivity contribution is 14.1. The van der Waals surface area contributed by atoms with Crippen LogP contribution in [0.3, 0.4) is 0 Å². The van der Waals surface area contributed by atoms with Crippen LogP contribution in [0.5, 0.6) is 5.75 Å². The molecule has 0 saturated heterocycles. The largest absolute Gasteiger partial charge is 0.506 e. The van der Waals surface area contributed by atoms with Gasteiger partial charge in [-0.25, -0.2) is 4.79 Å². The maximum absolute atomic E-state index is 12.7. The highest BCUT2D eigenvalue weighted by atomic mass is 127. The molecule has 2 atom stereocenters. The summed E-state index contributed by atoms with van der Waals surface area (Å²) in [5.74, 6) is -1.99. The minimum Gasteiger partial charge on any atom is -0.506 e. The molecule has 7 nitrogen and oxygen atoms in total. The summed E-state index contributed by atoms with van der Waals surface area (Å²) >= 11 is 3.93. The minimum atomic E-state index is -1.18. The molecule has 0 unspecified atom stereocenters. The van der Waals surface area contributed by atoms with Crippen molar-refractivity contribution in [1.82, 2.24) is 10.6 Å². The van der Waals surface area contributed by atoms with Crippen LogP contribution >= 0.6 is 45.2 Å². The number of carboxylic acid groups (broad SMARTS) is 1. The summed E-state index contributed by atoms with van der Waals surface area (Å²) in [6, 6.07) is 10.4. The van der Waals surface area contributed by atoms with Gasteiger partial charge in [0.2, 0.25) is 11.8 Å². The Bertz CT molecular complexity index is 882. The second-order valence-electron chi connectivity index (χ2n) is 6.45. The van der Waals surface area contributed by atoms with Crippen molar-refractivity contribution in [2.45, 2.75) is 31.8 Å². The number of halogens is 2. The number of benzene rings is 2. The van der Waals surface area contributed by atoms with E-state index in [-0.39, 0.29) is 24.5 Å². The minimum absolute atomic E-state index is 0.0471. The van der Waals surface area contributed by atoms with Gasteiger partial charge in [0.25, 0.3) is 0 Å². The van der Waals surface area contributed by atoms with Gasteiger partial charge in [0.1, 0.15) is 17.8 Å². The highest BCUT2D eigenvalue weighted by Gasteiger charge is 2.26. The molecule has 4 N–H and O–H groups in total. The molecule has 0 aliphatic rings. The number of phenols is 1. The van der Waals surface area contributed by atoms with Crippen molar-refractivity contribution in [3.05, 3.63) is 60.7 Å². The molecule has 0 aromatic heterocycles. The van der Waals surface area contributed by atoms with Crippen molar-refractivity contribution in [2.75, 3.05) is 0 Å². The third-order valence-electron chi connectivity index (χ3n) is 4.11. The van der Waals surface area contributed by atoms with Gasteiger partial charge >= 0.3 is 5.97 Å². The van der Waals surface area contributed by atoms with Crippen molar-refractivity contribution in [3.63, 3.8) is 0 Å². The third-order valence-corrected chi connectivity index (χ3v) is 5.75. The first-order valence-corrected chi connectivity index (χ1v) is 10.8. The fraction of sp³-hybridized carbons (Fsp3) is 0.250. The Hall–Kier alpha value is -1.89. The van der Waals surface area contributed by atoms with E-state index in [4.69, 9.17) is 0 Å². The molecule has 0 heterocycles. The Balaban J connectivity index is 2.17. The molecule has 2 aromatic carbocycles. The van der Waals surface area contributed by atoms with Crippen LogP contribution in [0, 0.1) is 7.14 Å². The predicted molar refractivity (Wildman–Crippen MR) is 125 cm³/mol. The summed E-state index contributed by atoms with van der Waals surface area (Å²) < 4.78 is 1.19. The van der Waals surface area contributed by atoms with E-state index in [2.05, 4.69) is 10.6 Å². The Kier molecular flexibility index (Phi) is 8.68. The summed E-state index contributed by atoms with van der Waals surface area (Å²) in [6.07, 6.45) is 0.291. The smallest absolute Gasteiger partial charge is 0.326 e. The number of carboxylic acids is 1. The first-order chi connectivity index (χ1) is 13.7. The summed E-state index contributed by atoms with van der Waals surface area (Å²) in [4.78, 5) is 36.0. The van der Waals surface area contributed by atoms with E-state index in [1.54, 1.807) is 12.1 Å². The van der Waals surface area contributed by atoms with Gasteiger partial charge in [0.15, 0.2) is 0 Å². The van der Waals surface area contributed by atoms with Gasteiger partial charge in [-0.05, 0) is 68.4 Å². The summed E-state index contributed by atoms with van der Waals surface area (Å²) in [5, 5.41) is 24.6. The number of amides is 2. The van der Waals surface area contributed by atoms with Gasteiger partial charge < -0.3 is 20.8 Å². The molecule has 29 heavy (non-hydrogen) atoms. The first-order valence-electron chi connectivity index (χ1n) is 8.68. The molecule has 0 aliphatic heterocycles. The molecule has 0 aliphatic carbocycles. The van der Waals surface area contributed by atoms with E-state index in [1.807, 2.05) is 75.5 Å². The van der Waals surface area contributed by atoms with Gasteiger partial charge in [0, 0.05) is 19.8 Å². The van der Waals surface area contributed by atoms with E-state index in [0.29, 0.717) is 12.7 Å². The first kappa shape index (κ1) is 23.4. The number of aliphatic carboxylic acids is 1. The molecule has 2 rings (SSSR count). The monoisotopic (exact) mass is 622 g/mol. The van der Waals surface area contributed by atoms with Crippen molar-refractivity contribution in [1.29, 1.82) is 0 Å². The quantitative estimate of drug-likeness (QED) is 0.338. The molecule has 154 valence electrons. The summed E-state index contributed by atoms with van der Waals surface area (Å²) in [6.45, 7) is 1.31. The number of nitrogens with one attached hydrogen (secondary N) is 2. The van der Waals surface area contributed by atoms with Crippen LogP contribution in [0.4, 0.5) is 0 Å². The number of aromatic hydroxyl groups is 1. The standard InChI is InChI=1S/C20H20I2N2O5/c1-11(25)23-16(9-12-5-3-2-4-6-12)19(27)24-17(20(28)29)10-13-7-14(21)18(26)15(22)8-13/h2-8,16-17,26H,9-10H2,1H3,(H,23,25)(H,24,27)(H,28,29)/t16-,17+/m0/s1. The van der Waals surface area contributed by atoms with Crippen molar-refractivity contribution in [2.24, 2.45) is 0 Å². The zero-order valence-electron chi connectivity index (χ0n) is 15.5. The molecule has 9 heteroatoms. The molecular formula is C20H20I2N2O5. The second-order valence-corrected chi connectivity index (χ2v) is 8.78. The average Bonchev–Trinajstić information content (AvgIpc) is 2.65. The molecule has 0 bridgehead atoms. The lowest BCUT2D eigenvalue weighted by molar-refractivity contribution is -0.142. The topological polar surface area (TPSA) is 116 Å². The molecule has 0 spiro atoms. The maximum atomic E-state index is 12.7. The molecule has 0 radical (unpaired) electrons. The Morgan fingerprint density at radius 2 is 1.48 bits per heavy atom. The Morgan fingerprint density at radius 1 is 0.931 bits per heavy atom. The third kappa shape index (κ3) is 7.14. The average molecular weight is 622 g/mol. The number of carbonyl (C=O) groups excluding carboxylic acids is 2. The second kappa shape index (κ2) is 10.8. The predicted octanol–water partition coefficient (Wildman–Crippen LogP) is 2.46. The van der Waals surface area contributed by atoms with Crippen LogP contribution in [0.2, 0.25) is 0 Å². The van der Waals surface area contributed by atoms with E-state index in [0.717, 1.165) is 5.56 Å². The van der Waals surface area contributed by atoms with E-state index in [1.165, 1.54) is 6.92 Å². The molecule has 2 aromatic rings. The Labute approximate surface area is 195 Å². The zero-order chi connectivity index (χ0) is 21.6. The van der Waals surface area contributed by atoms with Crippen LogP contribution in [0.25, 0.3) is 0 Å². The SMILES string of the molecule is CC(=O)N[C@@H](Cc1ccccc1)C(=O)N[C@H](Cc1cc(I)c(O)c(I)c1)C(=O)O. The number of phenolic OH excluding ortho intramolecular Hbond substituents is 1. The zero-order valence-corrected chi connectivity index (χ0v) is 19.8. The lowest BCUT2D eigenvalue weighted by Crippen LogP contribution is -2.52. The summed E-state index contributed by atoms with van der Waals surface area (Å²) in [5.41, 5.74) is 1.51. The number of hydrogen-bond acceptors (Lipinski definition) is 4. The van der Waals surface area contributed by atoms with Crippen molar-refractivity contribution in [3.8, 4) is 5.75 Å². The Morgan fingerprint density at radius 3 is 2.00 bits per heavy atom. The fourth-order valence-corrected chi connectivity index (χ4v) is 4.65. The van der Waals surface area contributed by atoms with Crippen LogP contribution in [0.1, 0.15) is 18.1 Å². The number of rotatable bonds is 8. The van der Waals surface area contributed by atoms with Gasteiger partial charge in [-0.2, -0.15) is 0 Å².